The van der Waals surface area contributed by atoms with Crippen molar-refractivity contribution in [3.05, 3.63) is 34.6 Å². The number of hydrogen-bond acceptors (Lipinski definition) is 2. The van der Waals surface area contributed by atoms with Gasteiger partial charge in [0.25, 0.3) is 0 Å². The zero-order chi connectivity index (χ0) is 12.9. The maximum atomic E-state index is 12.9. The Kier molecular flexibility index (Phi) is 5.37. The highest BCUT2D eigenvalue weighted by Crippen LogP contribution is 2.18. The minimum absolute atomic E-state index is 0.160. The van der Waals surface area contributed by atoms with Gasteiger partial charge in [-0.3, -0.25) is 0 Å². The van der Waals surface area contributed by atoms with Crippen molar-refractivity contribution >= 4 is 11.6 Å². The molecule has 0 fully saturated rings. The molecule has 0 saturated heterocycles. The van der Waals surface area contributed by atoms with Gasteiger partial charge in [0.15, 0.2) is 0 Å². The SMILES string of the molecule is CC(C)(CN)CCNCc1ccc(F)c(Cl)c1. The Labute approximate surface area is 107 Å². The van der Waals surface area contributed by atoms with Crippen molar-refractivity contribution < 1.29 is 4.39 Å². The van der Waals surface area contributed by atoms with E-state index in [1.807, 2.05) is 0 Å². The molecule has 0 atom stereocenters. The Morgan fingerprint density at radius 2 is 2.12 bits per heavy atom. The summed E-state index contributed by atoms with van der Waals surface area (Å²) < 4.78 is 12.9. The lowest BCUT2D eigenvalue weighted by molar-refractivity contribution is 0.339. The lowest BCUT2D eigenvalue weighted by atomic mass is 9.90. The van der Waals surface area contributed by atoms with E-state index in [0.717, 1.165) is 18.5 Å². The Morgan fingerprint density at radius 3 is 2.71 bits per heavy atom. The molecule has 0 bridgehead atoms. The summed E-state index contributed by atoms with van der Waals surface area (Å²) in [6.07, 6.45) is 1.01. The minimum Gasteiger partial charge on any atom is -0.330 e. The van der Waals surface area contributed by atoms with Crippen LogP contribution in [0.15, 0.2) is 18.2 Å². The van der Waals surface area contributed by atoms with Crippen LogP contribution in [0.4, 0.5) is 4.39 Å². The Bertz CT molecular complexity index is 366. The molecule has 0 aliphatic carbocycles. The molecular weight excluding hydrogens is 239 g/mol. The van der Waals surface area contributed by atoms with Crippen LogP contribution in [0, 0.1) is 11.2 Å². The van der Waals surface area contributed by atoms with Crippen molar-refractivity contribution in [1.82, 2.24) is 5.32 Å². The first-order valence-electron chi connectivity index (χ1n) is 5.79. The summed E-state index contributed by atoms with van der Waals surface area (Å²) in [5.41, 5.74) is 6.80. The maximum absolute atomic E-state index is 12.9. The average Bonchev–Trinajstić information content (AvgIpc) is 2.29. The van der Waals surface area contributed by atoms with Crippen molar-refractivity contribution in [2.45, 2.75) is 26.8 Å². The smallest absolute Gasteiger partial charge is 0.141 e. The summed E-state index contributed by atoms with van der Waals surface area (Å²) in [4.78, 5) is 0. The van der Waals surface area contributed by atoms with Gasteiger partial charge in [0.2, 0.25) is 0 Å². The van der Waals surface area contributed by atoms with Crippen LogP contribution in [-0.4, -0.2) is 13.1 Å². The van der Waals surface area contributed by atoms with Gasteiger partial charge < -0.3 is 11.1 Å². The van der Waals surface area contributed by atoms with Crippen molar-refractivity contribution in [1.29, 1.82) is 0 Å². The summed E-state index contributed by atoms with van der Waals surface area (Å²) in [6, 6.07) is 4.78. The molecule has 1 aromatic rings. The highest BCUT2D eigenvalue weighted by molar-refractivity contribution is 6.30. The molecule has 0 aliphatic rings. The summed E-state index contributed by atoms with van der Waals surface area (Å²) in [5.74, 6) is -0.375. The molecule has 0 heterocycles. The monoisotopic (exact) mass is 258 g/mol. The topological polar surface area (TPSA) is 38.0 Å². The standard InChI is InChI=1S/C13H20ClFN2/c1-13(2,9-16)5-6-17-8-10-3-4-12(15)11(14)7-10/h3-4,7,17H,5-6,8-9,16H2,1-2H3. The van der Waals surface area contributed by atoms with E-state index >= 15 is 0 Å². The summed E-state index contributed by atoms with van der Waals surface area (Å²) in [6.45, 7) is 6.55. The fraction of sp³-hybridized carbons (Fsp3) is 0.538. The van der Waals surface area contributed by atoms with E-state index in [2.05, 4.69) is 19.2 Å². The molecule has 0 radical (unpaired) electrons. The second kappa shape index (κ2) is 6.34. The number of hydrogen-bond donors (Lipinski definition) is 2. The van der Waals surface area contributed by atoms with Crippen molar-refractivity contribution in [3.8, 4) is 0 Å². The van der Waals surface area contributed by atoms with Crippen LogP contribution in [0.2, 0.25) is 5.02 Å². The fourth-order valence-electron chi connectivity index (χ4n) is 1.41. The van der Waals surface area contributed by atoms with Gasteiger partial charge in [0.05, 0.1) is 5.02 Å². The summed E-state index contributed by atoms with van der Waals surface area (Å²) >= 11 is 5.70. The van der Waals surface area contributed by atoms with Gasteiger partial charge in [-0.15, -0.1) is 0 Å². The van der Waals surface area contributed by atoms with Crippen LogP contribution >= 0.6 is 11.6 Å². The number of nitrogens with one attached hydrogen (secondary N) is 1. The first kappa shape index (κ1) is 14.4. The number of benzene rings is 1. The third-order valence-corrected chi connectivity index (χ3v) is 3.13. The maximum Gasteiger partial charge on any atom is 0.141 e. The first-order valence-corrected chi connectivity index (χ1v) is 6.17. The minimum atomic E-state index is -0.375. The van der Waals surface area contributed by atoms with Gasteiger partial charge in [-0.25, -0.2) is 4.39 Å². The molecule has 4 heteroatoms. The van der Waals surface area contributed by atoms with Crippen LogP contribution in [0.1, 0.15) is 25.8 Å². The molecule has 2 nitrogen and oxygen atoms in total. The normalized spacial score (nSPS) is 11.8. The van der Waals surface area contributed by atoms with Crippen LogP contribution in [-0.2, 0) is 6.54 Å². The molecule has 0 unspecified atom stereocenters. The van der Waals surface area contributed by atoms with Crippen LogP contribution in [0.25, 0.3) is 0 Å². The average molecular weight is 259 g/mol. The van der Waals surface area contributed by atoms with Crippen molar-refractivity contribution in [2.24, 2.45) is 11.1 Å². The summed E-state index contributed by atoms with van der Waals surface area (Å²) in [7, 11) is 0. The molecule has 96 valence electrons. The van der Waals surface area contributed by atoms with Crippen LogP contribution in [0.5, 0.6) is 0 Å². The third kappa shape index (κ3) is 5.02. The quantitative estimate of drug-likeness (QED) is 0.770. The Hall–Kier alpha value is -0.640. The number of rotatable bonds is 6. The second-order valence-electron chi connectivity index (χ2n) is 5.04. The highest BCUT2D eigenvalue weighted by Gasteiger charge is 2.14. The van der Waals surface area contributed by atoms with E-state index in [0.29, 0.717) is 13.1 Å². The van der Waals surface area contributed by atoms with Gasteiger partial charge in [0, 0.05) is 6.54 Å². The Balaban J connectivity index is 2.34. The third-order valence-electron chi connectivity index (χ3n) is 2.84. The zero-order valence-electron chi connectivity index (χ0n) is 10.4. The first-order chi connectivity index (χ1) is 7.94. The summed E-state index contributed by atoms with van der Waals surface area (Å²) in [5, 5.41) is 3.47. The molecular formula is C13H20ClFN2. The van der Waals surface area contributed by atoms with Crippen LogP contribution < -0.4 is 11.1 Å². The van der Waals surface area contributed by atoms with E-state index in [-0.39, 0.29) is 16.3 Å². The van der Waals surface area contributed by atoms with Crippen molar-refractivity contribution in [3.63, 3.8) is 0 Å². The predicted octanol–water partition coefficient (Wildman–Crippen LogP) is 2.94. The van der Waals surface area contributed by atoms with Gasteiger partial charge in [-0.1, -0.05) is 31.5 Å². The van der Waals surface area contributed by atoms with Gasteiger partial charge >= 0.3 is 0 Å². The molecule has 0 spiro atoms. The van der Waals surface area contributed by atoms with E-state index in [1.54, 1.807) is 12.1 Å². The Morgan fingerprint density at radius 1 is 1.41 bits per heavy atom. The number of nitrogens with two attached hydrogens (primary N) is 1. The molecule has 0 aliphatic heterocycles. The molecule has 1 rings (SSSR count). The zero-order valence-corrected chi connectivity index (χ0v) is 11.1. The van der Waals surface area contributed by atoms with Gasteiger partial charge in [0.1, 0.15) is 5.82 Å². The van der Waals surface area contributed by atoms with Gasteiger partial charge in [-0.05, 0) is 42.6 Å². The van der Waals surface area contributed by atoms with E-state index < -0.39 is 0 Å². The second-order valence-corrected chi connectivity index (χ2v) is 5.45. The molecule has 0 saturated carbocycles. The van der Waals surface area contributed by atoms with E-state index in [4.69, 9.17) is 17.3 Å². The number of halogens is 2. The molecule has 17 heavy (non-hydrogen) atoms. The molecule has 1 aromatic carbocycles. The molecule has 0 amide bonds. The molecule has 3 N–H and O–H groups in total. The predicted molar refractivity (Wildman–Crippen MR) is 70.6 cm³/mol. The van der Waals surface area contributed by atoms with Crippen LogP contribution in [0.3, 0.4) is 0 Å². The largest absolute Gasteiger partial charge is 0.330 e. The van der Waals surface area contributed by atoms with Gasteiger partial charge in [-0.2, -0.15) is 0 Å². The van der Waals surface area contributed by atoms with Crippen molar-refractivity contribution in [2.75, 3.05) is 13.1 Å². The molecule has 0 aromatic heterocycles. The van der Waals surface area contributed by atoms with E-state index in [9.17, 15) is 4.39 Å². The lowest BCUT2D eigenvalue weighted by Gasteiger charge is -2.22. The highest BCUT2D eigenvalue weighted by atomic mass is 35.5. The fourth-order valence-corrected chi connectivity index (χ4v) is 1.61. The van der Waals surface area contributed by atoms with E-state index in [1.165, 1.54) is 6.07 Å². The lowest BCUT2D eigenvalue weighted by Crippen LogP contribution is -2.28.